The number of carbonyl (C=O) groups excluding carboxylic acids is 1. The van der Waals surface area contributed by atoms with Crippen LogP contribution < -0.4 is 19.5 Å². The van der Waals surface area contributed by atoms with E-state index in [1.54, 1.807) is 14.0 Å². The molecular weight excluding hydrogens is 366 g/mol. The van der Waals surface area contributed by atoms with Gasteiger partial charge in [-0.1, -0.05) is 32.0 Å². The predicted molar refractivity (Wildman–Crippen MR) is 114 cm³/mol. The molecule has 5 heteroatoms. The minimum Gasteiger partial charge on any atom is -0.497 e. The van der Waals surface area contributed by atoms with Gasteiger partial charge in [-0.15, -0.1) is 0 Å². The van der Waals surface area contributed by atoms with Gasteiger partial charge in [-0.25, -0.2) is 0 Å². The van der Waals surface area contributed by atoms with Crippen LogP contribution in [0.1, 0.15) is 64.1 Å². The van der Waals surface area contributed by atoms with E-state index in [4.69, 9.17) is 14.2 Å². The monoisotopic (exact) mass is 397 g/mol. The van der Waals surface area contributed by atoms with Crippen molar-refractivity contribution in [1.82, 2.24) is 5.32 Å². The summed E-state index contributed by atoms with van der Waals surface area (Å²) in [5.41, 5.74) is 1.65. The molecule has 5 nitrogen and oxygen atoms in total. The van der Waals surface area contributed by atoms with Crippen LogP contribution in [0, 0.1) is 0 Å². The van der Waals surface area contributed by atoms with Crippen LogP contribution in [0.5, 0.6) is 17.2 Å². The van der Waals surface area contributed by atoms with E-state index in [1.165, 1.54) is 0 Å². The molecule has 1 aliphatic rings. The number of benzene rings is 2. The molecule has 0 saturated carbocycles. The summed E-state index contributed by atoms with van der Waals surface area (Å²) in [6, 6.07) is 13.4. The van der Waals surface area contributed by atoms with Crippen LogP contribution in [-0.2, 0) is 4.79 Å². The van der Waals surface area contributed by atoms with Crippen LogP contribution in [0.3, 0.4) is 0 Å². The van der Waals surface area contributed by atoms with Crippen LogP contribution in [0.15, 0.2) is 42.5 Å². The number of methoxy groups -OCH3 is 1. The smallest absolute Gasteiger partial charge is 0.261 e. The molecule has 2 aromatic rings. The van der Waals surface area contributed by atoms with Gasteiger partial charge in [-0.2, -0.15) is 0 Å². The van der Waals surface area contributed by atoms with E-state index in [1.807, 2.05) is 56.3 Å². The van der Waals surface area contributed by atoms with E-state index in [0.29, 0.717) is 12.3 Å². The van der Waals surface area contributed by atoms with Crippen molar-refractivity contribution in [2.24, 2.45) is 0 Å². The lowest BCUT2D eigenvalue weighted by atomic mass is 9.89. The van der Waals surface area contributed by atoms with Crippen molar-refractivity contribution in [2.75, 3.05) is 7.11 Å². The van der Waals surface area contributed by atoms with Crippen molar-refractivity contribution in [3.05, 3.63) is 53.6 Å². The average Bonchev–Trinajstić information content (AvgIpc) is 2.66. The molecule has 1 aliphatic heterocycles. The van der Waals surface area contributed by atoms with Gasteiger partial charge in [0.1, 0.15) is 22.8 Å². The molecule has 0 fully saturated rings. The fourth-order valence-electron chi connectivity index (χ4n) is 3.69. The summed E-state index contributed by atoms with van der Waals surface area (Å²) in [6.07, 6.45) is 0.0652. The Hall–Kier alpha value is -2.69. The first-order valence-electron chi connectivity index (χ1n) is 10.1. The van der Waals surface area contributed by atoms with Gasteiger partial charge >= 0.3 is 0 Å². The van der Waals surface area contributed by atoms with Crippen molar-refractivity contribution in [1.29, 1.82) is 0 Å². The Labute approximate surface area is 173 Å². The zero-order valence-electron chi connectivity index (χ0n) is 18.1. The summed E-state index contributed by atoms with van der Waals surface area (Å²) < 4.78 is 17.4. The number of amides is 1. The van der Waals surface area contributed by atoms with E-state index in [9.17, 15) is 4.79 Å². The van der Waals surface area contributed by atoms with Crippen LogP contribution in [-0.4, -0.2) is 24.7 Å². The van der Waals surface area contributed by atoms with Crippen LogP contribution in [0.4, 0.5) is 0 Å². The molecule has 0 bridgehead atoms. The highest BCUT2D eigenvalue weighted by molar-refractivity contribution is 5.81. The Morgan fingerprint density at radius 2 is 1.90 bits per heavy atom. The molecule has 0 saturated heterocycles. The molecule has 1 amide bonds. The highest BCUT2D eigenvalue weighted by Gasteiger charge is 2.35. The molecule has 0 spiro atoms. The second-order valence-corrected chi connectivity index (χ2v) is 8.48. The van der Waals surface area contributed by atoms with Crippen molar-refractivity contribution in [3.8, 4) is 17.2 Å². The molecular formula is C24H31NO4. The summed E-state index contributed by atoms with van der Waals surface area (Å²) in [7, 11) is 1.63. The van der Waals surface area contributed by atoms with Crippen molar-refractivity contribution in [3.63, 3.8) is 0 Å². The molecule has 0 radical (unpaired) electrons. The number of nitrogens with one attached hydrogen (secondary N) is 1. The second-order valence-electron chi connectivity index (χ2n) is 8.48. The average molecular weight is 398 g/mol. The molecule has 0 unspecified atom stereocenters. The van der Waals surface area contributed by atoms with Crippen LogP contribution in [0.2, 0.25) is 0 Å². The number of fused-ring (bicyclic) bond motifs is 1. The molecule has 0 aliphatic carbocycles. The number of para-hydroxylation sites is 1. The number of rotatable bonds is 6. The lowest BCUT2D eigenvalue weighted by Gasteiger charge is -2.38. The fourth-order valence-corrected chi connectivity index (χ4v) is 3.69. The maximum absolute atomic E-state index is 12.9. The maximum Gasteiger partial charge on any atom is 0.261 e. The normalized spacial score (nSPS) is 18.4. The van der Waals surface area contributed by atoms with Gasteiger partial charge in [0.05, 0.1) is 13.2 Å². The quantitative estimate of drug-likeness (QED) is 0.745. The van der Waals surface area contributed by atoms with E-state index < -0.39 is 11.7 Å². The molecule has 29 heavy (non-hydrogen) atoms. The Kier molecular flexibility index (Phi) is 6.06. The first kappa shape index (κ1) is 21.0. The number of hydrogen-bond acceptors (Lipinski definition) is 4. The molecule has 2 aromatic carbocycles. The number of carbonyl (C=O) groups is 1. The standard InChI is InChI=1S/C24H31NO4/c1-15(2)18-9-7-8-10-21(18)28-16(3)23(26)25-20-14-24(4,5)29-22-13-17(27-6)11-12-19(20)22/h7-13,15-16,20H,14H2,1-6H3,(H,25,26)/t16-,20-/m1/s1. The second kappa shape index (κ2) is 8.36. The largest absolute Gasteiger partial charge is 0.497 e. The lowest BCUT2D eigenvalue weighted by molar-refractivity contribution is -0.128. The SMILES string of the molecule is COc1ccc2c(c1)OC(C)(C)C[C@H]2NC(=O)[C@@H](C)Oc1ccccc1C(C)C. The third-order valence-corrected chi connectivity index (χ3v) is 5.21. The Morgan fingerprint density at radius 1 is 1.17 bits per heavy atom. The zero-order valence-corrected chi connectivity index (χ0v) is 18.1. The number of ether oxygens (including phenoxy) is 3. The maximum atomic E-state index is 12.9. The van der Waals surface area contributed by atoms with E-state index >= 15 is 0 Å². The molecule has 3 rings (SSSR count). The van der Waals surface area contributed by atoms with E-state index in [2.05, 4.69) is 19.2 Å². The Balaban J connectivity index is 1.77. The predicted octanol–water partition coefficient (Wildman–Crippen LogP) is 5.00. The van der Waals surface area contributed by atoms with Crippen molar-refractivity contribution in [2.45, 2.75) is 64.7 Å². The third kappa shape index (κ3) is 4.84. The van der Waals surface area contributed by atoms with Crippen molar-refractivity contribution < 1.29 is 19.0 Å². The minimum atomic E-state index is -0.609. The van der Waals surface area contributed by atoms with Gasteiger partial charge in [0.15, 0.2) is 6.10 Å². The minimum absolute atomic E-state index is 0.145. The van der Waals surface area contributed by atoms with Gasteiger partial charge in [0.2, 0.25) is 0 Å². The van der Waals surface area contributed by atoms with E-state index in [-0.39, 0.29) is 11.9 Å². The van der Waals surface area contributed by atoms with Gasteiger partial charge in [-0.3, -0.25) is 4.79 Å². The third-order valence-electron chi connectivity index (χ3n) is 5.21. The molecule has 0 aromatic heterocycles. The summed E-state index contributed by atoms with van der Waals surface area (Å²) in [6.45, 7) is 10.1. The molecule has 1 heterocycles. The summed E-state index contributed by atoms with van der Waals surface area (Å²) in [4.78, 5) is 12.9. The van der Waals surface area contributed by atoms with Crippen molar-refractivity contribution >= 4 is 5.91 Å². The Bertz CT molecular complexity index is 875. The van der Waals surface area contributed by atoms with Crippen LogP contribution in [0.25, 0.3) is 0 Å². The van der Waals surface area contributed by atoms with Gasteiger partial charge in [0.25, 0.3) is 5.91 Å². The molecule has 156 valence electrons. The number of hydrogen-bond donors (Lipinski definition) is 1. The van der Waals surface area contributed by atoms with Gasteiger partial charge < -0.3 is 19.5 Å². The summed E-state index contributed by atoms with van der Waals surface area (Å²) in [5.74, 6) is 2.40. The van der Waals surface area contributed by atoms with Gasteiger partial charge in [0, 0.05) is 18.1 Å². The first-order valence-corrected chi connectivity index (χ1v) is 10.1. The fraction of sp³-hybridized carbons (Fsp3) is 0.458. The molecule has 1 N–H and O–H groups in total. The highest BCUT2D eigenvalue weighted by Crippen LogP contribution is 2.41. The zero-order chi connectivity index (χ0) is 21.2. The first-order chi connectivity index (χ1) is 13.7. The van der Waals surface area contributed by atoms with Crippen LogP contribution >= 0.6 is 0 Å². The molecule has 2 atom stereocenters. The summed E-state index contributed by atoms with van der Waals surface area (Å²) >= 11 is 0. The van der Waals surface area contributed by atoms with Gasteiger partial charge in [-0.05, 0) is 50.5 Å². The topological polar surface area (TPSA) is 56.8 Å². The highest BCUT2D eigenvalue weighted by atomic mass is 16.5. The Morgan fingerprint density at radius 3 is 2.59 bits per heavy atom. The lowest BCUT2D eigenvalue weighted by Crippen LogP contribution is -2.44. The summed E-state index contributed by atoms with van der Waals surface area (Å²) in [5, 5.41) is 3.15. The van der Waals surface area contributed by atoms with E-state index in [0.717, 1.165) is 28.4 Å².